The second-order valence-electron chi connectivity index (χ2n) is 4.30. The fourth-order valence-electron chi connectivity index (χ4n) is 1.84. The molecule has 0 bridgehead atoms. The van der Waals surface area contributed by atoms with Crippen LogP contribution in [0.15, 0.2) is 58.6 Å². The first-order valence-electron chi connectivity index (χ1n) is 6.35. The number of fused-ring (bicyclic) bond motifs is 1. The lowest BCUT2D eigenvalue weighted by Crippen LogP contribution is -2.10. The average Bonchev–Trinajstić information content (AvgIpc) is 2.96. The number of amides is 1. The SMILES string of the molecule is COC(=O)Nc1cn2nc(S(=O)c3ccccc3)ccc2n1. The minimum atomic E-state index is -1.38. The molecule has 0 spiro atoms. The van der Waals surface area contributed by atoms with Gasteiger partial charge in [0, 0.05) is 4.90 Å². The van der Waals surface area contributed by atoms with Gasteiger partial charge in [-0.3, -0.25) is 5.32 Å². The van der Waals surface area contributed by atoms with Gasteiger partial charge in [-0.2, -0.15) is 5.10 Å². The van der Waals surface area contributed by atoms with Crippen molar-refractivity contribution in [2.75, 3.05) is 12.4 Å². The maximum atomic E-state index is 12.4. The van der Waals surface area contributed by atoms with Gasteiger partial charge >= 0.3 is 6.09 Å². The van der Waals surface area contributed by atoms with Crippen LogP contribution in [0.3, 0.4) is 0 Å². The fourth-order valence-corrected chi connectivity index (χ4v) is 2.84. The van der Waals surface area contributed by atoms with Gasteiger partial charge in [-0.25, -0.2) is 18.5 Å². The van der Waals surface area contributed by atoms with Gasteiger partial charge in [-0.05, 0) is 24.3 Å². The number of rotatable bonds is 3. The van der Waals surface area contributed by atoms with Crippen molar-refractivity contribution < 1.29 is 13.7 Å². The summed E-state index contributed by atoms with van der Waals surface area (Å²) < 4.78 is 18.4. The Balaban J connectivity index is 1.93. The molecule has 112 valence electrons. The third kappa shape index (κ3) is 2.82. The predicted octanol–water partition coefficient (Wildman–Crippen LogP) is 2.07. The molecule has 3 rings (SSSR count). The van der Waals surface area contributed by atoms with E-state index >= 15 is 0 Å². The monoisotopic (exact) mass is 316 g/mol. The molecule has 0 saturated carbocycles. The highest BCUT2D eigenvalue weighted by Crippen LogP contribution is 2.16. The molecular weight excluding hydrogens is 304 g/mol. The number of methoxy groups -OCH3 is 1. The molecule has 0 aliphatic rings. The Bertz CT molecular complexity index is 848. The minimum Gasteiger partial charge on any atom is -0.453 e. The highest BCUT2D eigenvalue weighted by atomic mass is 32.2. The second kappa shape index (κ2) is 5.94. The average molecular weight is 316 g/mol. The largest absolute Gasteiger partial charge is 0.453 e. The molecule has 1 atom stereocenters. The summed E-state index contributed by atoms with van der Waals surface area (Å²) in [6, 6.07) is 12.4. The molecule has 1 unspecified atom stereocenters. The summed E-state index contributed by atoms with van der Waals surface area (Å²) in [5, 5.41) is 7.12. The molecule has 0 radical (unpaired) electrons. The smallest absolute Gasteiger partial charge is 0.412 e. The van der Waals surface area contributed by atoms with E-state index in [1.54, 1.807) is 24.3 Å². The van der Waals surface area contributed by atoms with Crippen LogP contribution in [0, 0.1) is 0 Å². The number of nitrogens with one attached hydrogen (secondary N) is 1. The molecule has 1 aromatic carbocycles. The van der Waals surface area contributed by atoms with Gasteiger partial charge < -0.3 is 4.74 Å². The molecule has 8 heteroatoms. The molecule has 1 amide bonds. The summed E-state index contributed by atoms with van der Waals surface area (Å²) in [4.78, 5) is 16.0. The third-order valence-corrected chi connectivity index (χ3v) is 4.16. The Labute approximate surface area is 128 Å². The number of aromatic nitrogens is 3. The Morgan fingerprint density at radius 3 is 2.73 bits per heavy atom. The van der Waals surface area contributed by atoms with E-state index in [9.17, 15) is 9.00 Å². The van der Waals surface area contributed by atoms with E-state index in [0.717, 1.165) is 0 Å². The second-order valence-corrected chi connectivity index (χ2v) is 5.73. The third-order valence-electron chi connectivity index (χ3n) is 2.86. The van der Waals surface area contributed by atoms with Crippen LogP contribution in [0.1, 0.15) is 0 Å². The van der Waals surface area contributed by atoms with Gasteiger partial charge in [0.05, 0.1) is 13.3 Å². The molecule has 7 nitrogen and oxygen atoms in total. The Kier molecular flexibility index (Phi) is 3.84. The topological polar surface area (TPSA) is 85.6 Å². The zero-order valence-electron chi connectivity index (χ0n) is 11.6. The van der Waals surface area contributed by atoms with Crippen molar-refractivity contribution in [2.24, 2.45) is 0 Å². The lowest BCUT2D eigenvalue weighted by Gasteiger charge is -2.01. The summed E-state index contributed by atoms with van der Waals surface area (Å²) in [7, 11) is -0.109. The maximum Gasteiger partial charge on any atom is 0.412 e. The van der Waals surface area contributed by atoms with Crippen LogP contribution in [-0.4, -0.2) is 32.0 Å². The fraction of sp³-hybridized carbons (Fsp3) is 0.0714. The summed E-state index contributed by atoms with van der Waals surface area (Å²) in [6.45, 7) is 0. The van der Waals surface area contributed by atoms with E-state index < -0.39 is 16.9 Å². The van der Waals surface area contributed by atoms with Crippen molar-refractivity contribution in [1.29, 1.82) is 0 Å². The van der Waals surface area contributed by atoms with Crippen molar-refractivity contribution in [3.8, 4) is 0 Å². The molecule has 0 fully saturated rings. The van der Waals surface area contributed by atoms with Crippen LogP contribution in [0.25, 0.3) is 5.65 Å². The predicted molar refractivity (Wildman–Crippen MR) is 80.1 cm³/mol. The highest BCUT2D eigenvalue weighted by Gasteiger charge is 2.11. The number of anilines is 1. The lowest BCUT2D eigenvalue weighted by atomic mass is 10.4. The van der Waals surface area contributed by atoms with E-state index in [1.165, 1.54) is 17.8 Å². The first-order chi connectivity index (χ1) is 10.7. The number of nitrogens with zero attached hydrogens (tertiary/aromatic N) is 3. The Morgan fingerprint density at radius 1 is 1.23 bits per heavy atom. The van der Waals surface area contributed by atoms with E-state index in [2.05, 4.69) is 20.1 Å². The molecule has 0 aliphatic carbocycles. The molecule has 2 heterocycles. The van der Waals surface area contributed by atoms with Gasteiger partial charge in [-0.1, -0.05) is 18.2 Å². The number of benzene rings is 1. The zero-order chi connectivity index (χ0) is 15.5. The number of imidazole rings is 1. The van der Waals surface area contributed by atoms with Crippen molar-refractivity contribution in [3.63, 3.8) is 0 Å². The van der Waals surface area contributed by atoms with Gasteiger partial charge in [0.15, 0.2) is 16.5 Å². The van der Waals surface area contributed by atoms with Crippen molar-refractivity contribution in [2.45, 2.75) is 9.92 Å². The molecule has 3 aromatic rings. The highest BCUT2D eigenvalue weighted by molar-refractivity contribution is 7.85. The summed E-state index contributed by atoms with van der Waals surface area (Å²) in [6.07, 6.45) is 0.911. The van der Waals surface area contributed by atoms with E-state index in [0.29, 0.717) is 21.4 Å². The summed E-state index contributed by atoms with van der Waals surface area (Å²) in [5.74, 6) is 0.307. The van der Waals surface area contributed by atoms with Crippen molar-refractivity contribution in [1.82, 2.24) is 14.6 Å². The Morgan fingerprint density at radius 2 is 2.00 bits per heavy atom. The molecule has 0 saturated heterocycles. The molecule has 2 aromatic heterocycles. The molecular formula is C14H12N4O3S. The molecule has 0 aliphatic heterocycles. The molecule has 22 heavy (non-hydrogen) atoms. The number of carbonyl (C=O) groups is 1. The minimum absolute atomic E-state index is 0.307. The standard InChI is InChI=1S/C14H12N4O3S/c1-21-14(19)16-11-9-18-12(15-11)7-8-13(17-18)22(20)10-5-3-2-4-6-10/h2-9H,1H3,(H,16,19). The zero-order valence-corrected chi connectivity index (χ0v) is 12.4. The summed E-state index contributed by atoms with van der Waals surface area (Å²) in [5.41, 5.74) is 0.528. The van der Waals surface area contributed by atoms with Crippen LogP contribution < -0.4 is 5.32 Å². The van der Waals surface area contributed by atoms with Crippen LogP contribution in [0.5, 0.6) is 0 Å². The number of hydrogen-bond donors (Lipinski definition) is 1. The summed E-state index contributed by atoms with van der Waals surface area (Å²) >= 11 is 0. The molecule has 1 N–H and O–H groups in total. The quantitative estimate of drug-likeness (QED) is 0.799. The Hall–Kier alpha value is -2.74. The van der Waals surface area contributed by atoms with Crippen LogP contribution in [-0.2, 0) is 15.5 Å². The lowest BCUT2D eigenvalue weighted by molar-refractivity contribution is 0.187. The first-order valence-corrected chi connectivity index (χ1v) is 7.50. The van der Waals surface area contributed by atoms with Crippen LogP contribution in [0.4, 0.5) is 10.6 Å². The van der Waals surface area contributed by atoms with E-state index in [4.69, 9.17) is 0 Å². The van der Waals surface area contributed by atoms with Crippen LogP contribution >= 0.6 is 0 Å². The number of hydrogen-bond acceptors (Lipinski definition) is 5. The van der Waals surface area contributed by atoms with Gasteiger partial charge in [0.2, 0.25) is 0 Å². The normalized spacial score (nSPS) is 12.0. The van der Waals surface area contributed by atoms with Crippen LogP contribution in [0.2, 0.25) is 0 Å². The van der Waals surface area contributed by atoms with Gasteiger partial charge in [0.1, 0.15) is 10.8 Å². The van der Waals surface area contributed by atoms with E-state index in [1.807, 2.05) is 18.2 Å². The van der Waals surface area contributed by atoms with Gasteiger partial charge in [0.25, 0.3) is 0 Å². The van der Waals surface area contributed by atoms with Crippen molar-refractivity contribution >= 4 is 28.4 Å². The number of carbonyl (C=O) groups excluding carboxylic acids is 1. The van der Waals surface area contributed by atoms with Gasteiger partial charge in [-0.15, -0.1) is 0 Å². The van der Waals surface area contributed by atoms with E-state index in [-0.39, 0.29) is 0 Å². The first kappa shape index (κ1) is 14.2. The van der Waals surface area contributed by atoms with Crippen molar-refractivity contribution in [3.05, 3.63) is 48.7 Å². The number of ether oxygens (including phenoxy) is 1. The maximum absolute atomic E-state index is 12.4.